The highest BCUT2D eigenvalue weighted by molar-refractivity contribution is 5.52. The van der Waals surface area contributed by atoms with Crippen molar-refractivity contribution in [2.24, 2.45) is 0 Å². The molecule has 2 aliphatic heterocycles. The van der Waals surface area contributed by atoms with Gasteiger partial charge in [-0.05, 0) is 71.1 Å². The zero-order chi connectivity index (χ0) is 31.3. The van der Waals surface area contributed by atoms with E-state index in [0.29, 0.717) is 32.5 Å². The summed E-state index contributed by atoms with van der Waals surface area (Å²) < 4.78 is 33.5. The number of ether oxygens (including phenoxy) is 6. The van der Waals surface area contributed by atoms with Crippen LogP contribution < -0.4 is 14.2 Å². The lowest BCUT2D eigenvalue weighted by atomic mass is 9.70. The third-order valence-corrected chi connectivity index (χ3v) is 9.13. The molecule has 0 spiro atoms. The first-order valence-corrected chi connectivity index (χ1v) is 15.9. The minimum atomic E-state index is -0.400. The molecule has 4 aromatic carbocycles. The molecule has 0 saturated carbocycles. The van der Waals surface area contributed by atoms with E-state index in [-0.39, 0.29) is 11.5 Å². The maximum Gasteiger partial charge on any atom is 0.119 e. The molecule has 0 aliphatic carbocycles. The summed E-state index contributed by atoms with van der Waals surface area (Å²) in [4.78, 5) is 0. The molecule has 6 nitrogen and oxygen atoms in total. The van der Waals surface area contributed by atoms with Gasteiger partial charge < -0.3 is 28.4 Å². The number of hydrogen-bond donors (Lipinski definition) is 0. The van der Waals surface area contributed by atoms with Gasteiger partial charge in [0.05, 0.1) is 32.5 Å². The fraction of sp³-hybridized carbons (Fsp3) is 0.385. The molecule has 236 valence electrons. The van der Waals surface area contributed by atoms with Gasteiger partial charge in [-0.25, -0.2) is 0 Å². The molecule has 0 amide bonds. The summed E-state index contributed by atoms with van der Waals surface area (Å²) in [6.07, 6.45) is 1.52. The maximum absolute atomic E-state index is 6.01. The molecule has 2 saturated heterocycles. The Hall–Kier alpha value is -3.84. The molecule has 0 bridgehead atoms. The van der Waals surface area contributed by atoms with E-state index in [9.17, 15) is 0 Å². The summed E-state index contributed by atoms with van der Waals surface area (Å²) >= 11 is 0. The lowest BCUT2D eigenvalue weighted by Gasteiger charge is -2.33. The molecule has 0 aromatic heterocycles. The Balaban J connectivity index is 1.25. The van der Waals surface area contributed by atoms with Crippen LogP contribution in [0.3, 0.4) is 0 Å². The standard InChI is InChI=1S/C39H44O6/c1-38(2,29-9-15-34(16-10-29)42-24-23-40-4)28-5-7-30(8-6-28)39(3,32-13-19-35(20-14-32)43-26-37-27-45-37)31-11-17-33(18-12-31)41-22-21-36-25-44-36/h5-20,36-37H,21-27H2,1-4H3. The van der Waals surface area contributed by atoms with Crippen molar-refractivity contribution < 1.29 is 28.4 Å². The Morgan fingerprint density at radius 2 is 0.933 bits per heavy atom. The second-order valence-corrected chi connectivity index (χ2v) is 12.6. The number of epoxide rings is 2. The molecule has 0 radical (unpaired) electrons. The Bertz CT molecular complexity index is 1500. The summed E-state index contributed by atoms with van der Waals surface area (Å²) in [6.45, 7) is 10.8. The molecular weight excluding hydrogens is 564 g/mol. The molecule has 2 aliphatic rings. The quantitative estimate of drug-likeness (QED) is 0.0754. The Morgan fingerprint density at radius 3 is 1.40 bits per heavy atom. The zero-order valence-electron chi connectivity index (χ0n) is 26.8. The summed E-state index contributed by atoms with van der Waals surface area (Å²) in [6, 6.07) is 34.5. The van der Waals surface area contributed by atoms with Gasteiger partial charge in [-0.15, -0.1) is 0 Å². The number of benzene rings is 4. The molecule has 3 atom stereocenters. The first-order chi connectivity index (χ1) is 21.9. The van der Waals surface area contributed by atoms with Crippen molar-refractivity contribution >= 4 is 0 Å². The lowest BCUT2D eigenvalue weighted by Crippen LogP contribution is -2.26. The van der Waals surface area contributed by atoms with Crippen molar-refractivity contribution in [1.29, 1.82) is 0 Å². The van der Waals surface area contributed by atoms with Gasteiger partial charge in [0, 0.05) is 24.4 Å². The van der Waals surface area contributed by atoms with Crippen molar-refractivity contribution in [3.05, 3.63) is 125 Å². The summed E-state index contributed by atoms with van der Waals surface area (Å²) in [7, 11) is 1.68. The van der Waals surface area contributed by atoms with E-state index in [4.69, 9.17) is 28.4 Å². The zero-order valence-corrected chi connectivity index (χ0v) is 26.8. The van der Waals surface area contributed by atoms with Gasteiger partial charge in [-0.3, -0.25) is 0 Å². The van der Waals surface area contributed by atoms with Crippen LogP contribution in [0, 0.1) is 0 Å². The first kappa shape index (κ1) is 31.2. The van der Waals surface area contributed by atoms with E-state index in [0.717, 1.165) is 36.9 Å². The van der Waals surface area contributed by atoms with Crippen LogP contribution in [0.5, 0.6) is 17.2 Å². The Kier molecular flexibility index (Phi) is 9.45. The Morgan fingerprint density at radius 1 is 0.533 bits per heavy atom. The van der Waals surface area contributed by atoms with Crippen molar-refractivity contribution in [1.82, 2.24) is 0 Å². The fourth-order valence-electron chi connectivity index (χ4n) is 5.76. The van der Waals surface area contributed by atoms with Crippen LogP contribution in [0.15, 0.2) is 97.1 Å². The van der Waals surface area contributed by atoms with E-state index >= 15 is 0 Å². The molecule has 6 heteroatoms. The average molecular weight is 609 g/mol. The fourth-order valence-corrected chi connectivity index (χ4v) is 5.76. The second kappa shape index (κ2) is 13.7. The molecule has 3 unspecified atom stereocenters. The minimum absolute atomic E-state index is 0.186. The van der Waals surface area contributed by atoms with E-state index in [1.807, 2.05) is 12.1 Å². The van der Waals surface area contributed by atoms with Gasteiger partial charge in [-0.2, -0.15) is 0 Å². The summed E-state index contributed by atoms with van der Waals surface area (Å²) in [5, 5.41) is 0. The van der Waals surface area contributed by atoms with Crippen LogP contribution in [-0.4, -0.2) is 59.0 Å². The summed E-state index contributed by atoms with van der Waals surface area (Å²) in [5.41, 5.74) is 5.48. The lowest BCUT2D eigenvalue weighted by molar-refractivity contribution is 0.146. The van der Waals surface area contributed by atoms with E-state index in [2.05, 4.69) is 106 Å². The van der Waals surface area contributed by atoms with Crippen LogP contribution in [0.4, 0.5) is 0 Å². The predicted molar refractivity (Wildman–Crippen MR) is 176 cm³/mol. The van der Waals surface area contributed by atoms with E-state index in [1.54, 1.807) is 7.11 Å². The molecule has 6 rings (SSSR count). The van der Waals surface area contributed by atoms with Crippen molar-refractivity contribution in [2.45, 2.75) is 50.2 Å². The van der Waals surface area contributed by atoms with Gasteiger partial charge >= 0.3 is 0 Å². The third kappa shape index (κ3) is 7.52. The molecule has 4 aromatic rings. The topological polar surface area (TPSA) is 62.0 Å². The molecule has 2 fully saturated rings. The molecular formula is C39H44O6. The van der Waals surface area contributed by atoms with Crippen LogP contribution in [0.25, 0.3) is 0 Å². The smallest absolute Gasteiger partial charge is 0.119 e. The monoisotopic (exact) mass is 608 g/mol. The van der Waals surface area contributed by atoms with Gasteiger partial charge in [-0.1, -0.05) is 74.5 Å². The normalized spacial score (nSPS) is 18.6. The van der Waals surface area contributed by atoms with Crippen LogP contribution >= 0.6 is 0 Å². The largest absolute Gasteiger partial charge is 0.493 e. The summed E-state index contributed by atoms with van der Waals surface area (Å²) in [5.74, 6) is 2.58. The van der Waals surface area contributed by atoms with E-state index < -0.39 is 5.41 Å². The van der Waals surface area contributed by atoms with Crippen molar-refractivity contribution in [3.8, 4) is 17.2 Å². The van der Waals surface area contributed by atoms with Crippen LogP contribution in [0.2, 0.25) is 0 Å². The minimum Gasteiger partial charge on any atom is -0.493 e. The number of methoxy groups -OCH3 is 1. The third-order valence-electron chi connectivity index (χ3n) is 9.13. The van der Waals surface area contributed by atoms with E-state index in [1.165, 1.54) is 27.8 Å². The highest BCUT2D eigenvalue weighted by Gasteiger charge is 2.33. The molecule has 45 heavy (non-hydrogen) atoms. The SMILES string of the molecule is COCCOc1ccc(C(C)(C)c2ccc(C(C)(c3ccc(OCCC4CO4)cc3)c3ccc(OCC4CO4)cc3)cc2)cc1. The van der Waals surface area contributed by atoms with Gasteiger partial charge in [0.1, 0.15) is 36.6 Å². The first-order valence-electron chi connectivity index (χ1n) is 15.9. The highest BCUT2D eigenvalue weighted by atomic mass is 16.6. The second-order valence-electron chi connectivity index (χ2n) is 12.6. The van der Waals surface area contributed by atoms with Gasteiger partial charge in [0.15, 0.2) is 0 Å². The van der Waals surface area contributed by atoms with Crippen molar-refractivity contribution in [3.63, 3.8) is 0 Å². The number of rotatable bonds is 16. The average Bonchev–Trinajstić information content (AvgIpc) is 4.01. The predicted octanol–water partition coefficient (Wildman–Crippen LogP) is 7.34. The molecule has 2 heterocycles. The van der Waals surface area contributed by atoms with Gasteiger partial charge in [0.25, 0.3) is 0 Å². The van der Waals surface area contributed by atoms with Crippen LogP contribution in [-0.2, 0) is 25.0 Å². The van der Waals surface area contributed by atoms with Crippen LogP contribution in [0.1, 0.15) is 55.0 Å². The highest BCUT2D eigenvalue weighted by Crippen LogP contribution is 2.41. The molecule has 0 N–H and O–H groups in total. The van der Waals surface area contributed by atoms with Crippen molar-refractivity contribution in [2.75, 3.05) is 46.8 Å². The van der Waals surface area contributed by atoms with Gasteiger partial charge in [0.2, 0.25) is 0 Å². The Labute approximate surface area is 267 Å². The number of hydrogen-bond acceptors (Lipinski definition) is 6. The maximum atomic E-state index is 6.01.